The average molecular weight is 247 g/mol. The van der Waals surface area contributed by atoms with Crippen LogP contribution in [0.2, 0.25) is 0 Å². The van der Waals surface area contributed by atoms with Crippen LogP contribution in [-0.4, -0.2) is 27.5 Å². The normalized spacial score (nSPS) is 22.0. The predicted octanol–water partition coefficient (Wildman–Crippen LogP) is 1.11. The van der Waals surface area contributed by atoms with E-state index in [1.807, 2.05) is 12.1 Å². The van der Waals surface area contributed by atoms with Crippen LogP contribution in [-0.2, 0) is 16.6 Å². The Hall–Kier alpha value is -0.450. The lowest BCUT2D eigenvalue weighted by Crippen LogP contribution is -2.19. The molecule has 0 saturated carbocycles. The van der Waals surface area contributed by atoms with Gasteiger partial charge >= 0.3 is 0 Å². The smallest absolute Gasteiger partial charge is 0.0504 e. The molecule has 0 aliphatic carbocycles. The van der Waals surface area contributed by atoms with E-state index in [1.165, 1.54) is 0 Å². The largest absolute Gasteiger partial charge is 0.315 e. The van der Waals surface area contributed by atoms with Crippen molar-refractivity contribution in [3.63, 3.8) is 0 Å². The summed E-state index contributed by atoms with van der Waals surface area (Å²) in [4.78, 5) is 4.01. The fourth-order valence-electron chi connectivity index (χ4n) is 1.62. The van der Waals surface area contributed by atoms with Crippen LogP contribution in [0, 0.1) is 0 Å². The molecule has 2 heterocycles. The van der Waals surface area contributed by atoms with E-state index >= 15 is 0 Å². The first-order chi connectivity index (χ1) is 6.86. The Kier molecular flexibility index (Phi) is 5.22. The highest BCUT2D eigenvalue weighted by molar-refractivity contribution is 7.84. The molecular formula is C10H15ClN2OS. The summed E-state index contributed by atoms with van der Waals surface area (Å²) in [7, 11) is -0.749. The highest BCUT2D eigenvalue weighted by Crippen LogP contribution is 2.11. The van der Waals surface area contributed by atoms with Crippen molar-refractivity contribution in [2.24, 2.45) is 0 Å². The molecule has 2 atom stereocenters. The molecule has 1 aromatic heterocycles. The predicted molar refractivity (Wildman–Crippen MR) is 64.6 cm³/mol. The molecule has 0 bridgehead atoms. The van der Waals surface area contributed by atoms with Crippen LogP contribution >= 0.6 is 12.4 Å². The van der Waals surface area contributed by atoms with E-state index in [0.717, 1.165) is 25.1 Å². The van der Waals surface area contributed by atoms with E-state index in [4.69, 9.17) is 0 Å². The molecule has 1 N–H and O–H groups in total. The lowest BCUT2D eigenvalue weighted by Gasteiger charge is -2.07. The second-order valence-electron chi connectivity index (χ2n) is 3.50. The maximum atomic E-state index is 11.9. The third-order valence-electron chi connectivity index (χ3n) is 2.42. The number of nitrogens with zero attached hydrogens (tertiary/aromatic N) is 1. The minimum Gasteiger partial charge on any atom is -0.315 e. The molecule has 1 saturated heterocycles. The van der Waals surface area contributed by atoms with E-state index in [2.05, 4.69) is 10.3 Å². The molecule has 84 valence electrons. The van der Waals surface area contributed by atoms with E-state index in [0.29, 0.717) is 11.0 Å². The van der Waals surface area contributed by atoms with Crippen molar-refractivity contribution >= 4 is 23.2 Å². The van der Waals surface area contributed by atoms with Gasteiger partial charge in [-0.3, -0.25) is 9.19 Å². The highest BCUT2D eigenvalue weighted by atomic mass is 35.5. The maximum absolute atomic E-state index is 11.9. The van der Waals surface area contributed by atoms with Gasteiger partial charge in [0.1, 0.15) is 0 Å². The molecule has 0 unspecified atom stereocenters. The van der Waals surface area contributed by atoms with Crippen LogP contribution in [0.1, 0.15) is 12.0 Å². The number of pyridine rings is 1. The van der Waals surface area contributed by atoms with Crippen molar-refractivity contribution in [2.45, 2.75) is 17.4 Å². The topological polar surface area (TPSA) is 42.0 Å². The molecule has 5 heteroatoms. The zero-order valence-corrected chi connectivity index (χ0v) is 10.0. The Bertz CT molecular complexity index is 314. The summed E-state index contributed by atoms with van der Waals surface area (Å²) in [6, 6.07) is 3.87. The fourth-order valence-corrected chi connectivity index (χ4v) is 3.04. The molecule has 1 aliphatic rings. The second-order valence-corrected chi connectivity index (χ2v) is 5.22. The van der Waals surface area contributed by atoms with Crippen LogP contribution in [0.4, 0.5) is 0 Å². The minimum atomic E-state index is -0.749. The number of halogens is 1. The Morgan fingerprint density at radius 3 is 3.07 bits per heavy atom. The van der Waals surface area contributed by atoms with E-state index in [1.54, 1.807) is 12.4 Å². The van der Waals surface area contributed by atoms with Crippen molar-refractivity contribution in [2.75, 3.05) is 13.1 Å². The van der Waals surface area contributed by atoms with Gasteiger partial charge in [0, 0.05) is 35.0 Å². The van der Waals surface area contributed by atoms with Gasteiger partial charge in [0.25, 0.3) is 0 Å². The van der Waals surface area contributed by atoms with Crippen molar-refractivity contribution < 1.29 is 4.21 Å². The molecule has 15 heavy (non-hydrogen) atoms. The van der Waals surface area contributed by atoms with Gasteiger partial charge < -0.3 is 5.32 Å². The zero-order valence-electron chi connectivity index (χ0n) is 8.39. The van der Waals surface area contributed by atoms with E-state index < -0.39 is 10.8 Å². The average Bonchev–Trinajstić information content (AvgIpc) is 2.72. The van der Waals surface area contributed by atoms with E-state index in [9.17, 15) is 4.21 Å². The van der Waals surface area contributed by atoms with Crippen molar-refractivity contribution in [3.8, 4) is 0 Å². The third-order valence-corrected chi connectivity index (χ3v) is 4.18. The first-order valence-corrected chi connectivity index (χ1v) is 6.21. The Balaban J connectivity index is 0.00000112. The van der Waals surface area contributed by atoms with Gasteiger partial charge in [-0.05, 0) is 24.6 Å². The van der Waals surface area contributed by atoms with Crippen molar-refractivity contribution in [1.82, 2.24) is 10.3 Å². The monoisotopic (exact) mass is 246 g/mol. The van der Waals surface area contributed by atoms with Gasteiger partial charge in [-0.2, -0.15) is 0 Å². The summed E-state index contributed by atoms with van der Waals surface area (Å²) < 4.78 is 11.9. The molecular weight excluding hydrogens is 232 g/mol. The van der Waals surface area contributed by atoms with Gasteiger partial charge in [0.15, 0.2) is 0 Å². The second kappa shape index (κ2) is 6.20. The van der Waals surface area contributed by atoms with Gasteiger partial charge in [0.05, 0.1) is 5.75 Å². The lowest BCUT2D eigenvalue weighted by molar-refractivity contribution is 0.672. The molecule has 0 radical (unpaired) electrons. The number of aromatic nitrogens is 1. The molecule has 0 spiro atoms. The van der Waals surface area contributed by atoms with E-state index in [-0.39, 0.29) is 12.4 Å². The number of nitrogens with one attached hydrogen (secondary N) is 1. The fraction of sp³-hybridized carbons (Fsp3) is 0.500. The standard InChI is InChI=1S/C10H14N2OS.ClH/c13-14(10-3-5-12-7-10)8-9-2-1-4-11-6-9;/h1-2,4,6,10,12H,3,5,7-8H2;1H/t10-,14+;/m1./s1. The zero-order chi connectivity index (χ0) is 9.80. The maximum Gasteiger partial charge on any atom is 0.0504 e. The SMILES string of the molecule is Cl.O=[S@@](Cc1cccnc1)[C@@H]1CCNC1. The molecule has 2 rings (SSSR count). The number of rotatable bonds is 3. The molecule has 1 aromatic rings. The van der Waals surface area contributed by atoms with Crippen molar-refractivity contribution in [3.05, 3.63) is 30.1 Å². The summed E-state index contributed by atoms with van der Waals surface area (Å²) in [5.74, 6) is 0.639. The third kappa shape index (κ3) is 3.55. The molecule has 1 aliphatic heterocycles. The molecule has 0 amide bonds. The van der Waals surface area contributed by atoms with Gasteiger partial charge in [-0.25, -0.2) is 0 Å². The van der Waals surface area contributed by atoms with Crippen LogP contribution in [0.5, 0.6) is 0 Å². The first kappa shape index (κ1) is 12.6. The summed E-state index contributed by atoms with van der Waals surface area (Å²) in [6.45, 7) is 1.90. The van der Waals surface area contributed by atoms with Gasteiger partial charge in [-0.1, -0.05) is 6.07 Å². The Morgan fingerprint density at radius 1 is 1.60 bits per heavy atom. The summed E-state index contributed by atoms with van der Waals surface area (Å²) in [6.07, 6.45) is 4.57. The summed E-state index contributed by atoms with van der Waals surface area (Å²) in [5, 5.41) is 3.56. The molecule has 3 nitrogen and oxygen atoms in total. The minimum absolute atomic E-state index is 0. The van der Waals surface area contributed by atoms with Gasteiger partial charge in [-0.15, -0.1) is 12.4 Å². The van der Waals surface area contributed by atoms with Crippen LogP contribution < -0.4 is 5.32 Å². The summed E-state index contributed by atoms with van der Waals surface area (Å²) >= 11 is 0. The van der Waals surface area contributed by atoms with Crippen LogP contribution in [0.3, 0.4) is 0 Å². The van der Waals surface area contributed by atoms with Gasteiger partial charge in [0.2, 0.25) is 0 Å². The molecule has 1 fully saturated rings. The molecule has 0 aromatic carbocycles. The Morgan fingerprint density at radius 2 is 2.47 bits per heavy atom. The van der Waals surface area contributed by atoms with Crippen LogP contribution in [0.25, 0.3) is 0 Å². The summed E-state index contributed by atoms with van der Waals surface area (Å²) in [5.41, 5.74) is 1.07. The first-order valence-electron chi connectivity index (χ1n) is 4.83. The van der Waals surface area contributed by atoms with Crippen molar-refractivity contribution in [1.29, 1.82) is 0 Å². The quantitative estimate of drug-likeness (QED) is 0.869. The Labute approximate surface area is 98.5 Å². The highest BCUT2D eigenvalue weighted by Gasteiger charge is 2.20. The lowest BCUT2D eigenvalue weighted by atomic mass is 10.3. The van der Waals surface area contributed by atoms with Crippen LogP contribution in [0.15, 0.2) is 24.5 Å². The number of hydrogen-bond donors (Lipinski definition) is 1. The number of hydrogen-bond acceptors (Lipinski definition) is 3.